The van der Waals surface area contributed by atoms with E-state index in [9.17, 15) is 9.59 Å². The summed E-state index contributed by atoms with van der Waals surface area (Å²) in [5.74, 6) is 0.238. The Morgan fingerprint density at radius 3 is 2.63 bits per heavy atom. The summed E-state index contributed by atoms with van der Waals surface area (Å²) in [6.07, 6.45) is 3.39. The van der Waals surface area contributed by atoms with Crippen LogP contribution in [-0.2, 0) is 4.79 Å². The fraction of sp³-hybridized carbons (Fsp3) is 0.286. The lowest BCUT2D eigenvalue weighted by atomic mass is 9.99. The van der Waals surface area contributed by atoms with E-state index >= 15 is 0 Å². The Kier molecular flexibility index (Phi) is 5.06. The molecule has 4 rings (SSSR count). The van der Waals surface area contributed by atoms with Gasteiger partial charge in [0.15, 0.2) is 5.16 Å². The zero-order valence-electron chi connectivity index (χ0n) is 14.9. The van der Waals surface area contributed by atoms with Crippen LogP contribution in [0.15, 0.2) is 52.4 Å². The zero-order chi connectivity index (χ0) is 19.0. The van der Waals surface area contributed by atoms with Crippen LogP contribution in [-0.4, -0.2) is 20.6 Å². The molecule has 138 valence electrons. The Labute approximate surface area is 166 Å². The van der Waals surface area contributed by atoms with Crippen molar-refractivity contribution in [2.75, 3.05) is 0 Å². The minimum atomic E-state index is -0.154. The number of aryl methyl sites for hydroxylation is 1. The van der Waals surface area contributed by atoms with Crippen LogP contribution in [0.3, 0.4) is 0 Å². The van der Waals surface area contributed by atoms with E-state index in [4.69, 9.17) is 16.6 Å². The van der Waals surface area contributed by atoms with Crippen LogP contribution >= 0.6 is 23.4 Å². The molecule has 0 bridgehead atoms. The fourth-order valence-electron chi connectivity index (χ4n) is 3.34. The summed E-state index contributed by atoms with van der Waals surface area (Å²) in [4.78, 5) is 30.3. The molecule has 1 aliphatic carbocycles. The maximum Gasteiger partial charge on any atom is 0.266 e. The quantitative estimate of drug-likeness (QED) is 0.585. The Morgan fingerprint density at radius 1 is 1.11 bits per heavy atom. The van der Waals surface area contributed by atoms with Crippen molar-refractivity contribution < 1.29 is 4.79 Å². The van der Waals surface area contributed by atoms with Gasteiger partial charge in [0.25, 0.3) is 5.56 Å². The number of carbonyl (C=O) groups is 1. The molecule has 0 N–H and O–H groups in total. The molecule has 1 atom stereocenters. The Hall–Kier alpha value is -2.11. The standard InChI is InChI=1S/C21H19ClN2O2S/c1-13-6-9-15(10-7-13)24-20(26)16-11-8-14(22)12-17(16)23-21(24)27-19-5-3-2-4-18(19)25/h6-12,19H,2-5H2,1H3/t19-/m1/s1. The highest BCUT2D eigenvalue weighted by molar-refractivity contribution is 8.00. The molecule has 1 aromatic heterocycles. The van der Waals surface area contributed by atoms with Crippen molar-refractivity contribution in [1.82, 2.24) is 9.55 Å². The number of fused-ring (bicyclic) bond motifs is 1. The van der Waals surface area contributed by atoms with E-state index in [1.165, 1.54) is 11.8 Å². The number of hydrogen-bond acceptors (Lipinski definition) is 4. The monoisotopic (exact) mass is 398 g/mol. The molecule has 3 aromatic rings. The highest BCUT2D eigenvalue weighted by Gasteiger charge is 2.26. The molecule has 4 nitrogen and oxygen atoms in total. The van der Waals surface area contributed by atoms with Gasteiger partial charge >= 0.3 is 0 Å². The van der Waals surface area contributed by atoms with Gasteiger partial charge in [0, 0.05) is 11.4 Å². The van der Waals surface area contributed by atoms with Crippen LogP contribution in [0.25, 0.3) is 16.6 Å². The van der Waals surface area contributed by atoms with Crippen LogP contribution in [0.5, 0.6) is 0 Å². The predicted molar refractivity (Wildman–Crippen MR) is 110 cm³/mol. The van der Waals surface area contributed by atoms with Crippen molar-refractivity contribution in [3.8, 4) is 5.69 Å². The molecule has 1 aliphatic rings. The fourth-order valence-corrected chi connectivity index (χ4v) is 4.74. The summed E-state index contributed by atoms with van der Waals surface area (Å²) in [7, 11) is 0. The van der Waals surface area contributed by atoms with Gasteiger partial charge in [-0.2, -0.15) is 0 Å². The van der Waals surface area contributed by atoms with Gasteiger partial charge in [-0.3, -0.25) is 14.2 Å². The van der Waals surface area contributed by atoms with Crippen molar-refractivity contribution in [3.63, 3.8) is 0 Å². The van der Waals surface area contributed by atoms with Crippen molar-refractivity contribution in [3.05, 3.63) is 63.4 Å². The number of nitrogens with zero attached hydrogens (tertiary/aromatic N) is 2. The van der Waals surface area contributed by atoms with Crippen molar-refractivity contribution in [1.29, 1.82) is 0 Å². The average molecular weight is 399 g/mol. The lowest BCUT2D eigenvalue weighted by molar-refractivity contribution is -0.119. The van der Waals surface area contributed by atoms with Gasteiger partial charge in [-0.1, -0.05) is 47.5 Å². The summed E-state index contributed by atoms with van der Waals surface area (Å²) in [6.45, 7) is 2.00. The molecule has 6 heteroatoms. The van der Waals surface area contributed by atoms with Gasteiger partial charge in [0.05, 0.1) is 21.8 Å². The number of ketones is 1. The first kappa shape index (κ1) is 18.3. The lowest BCUT2D eigenvalue weighted by Gasteiger charge is -2.21. The van der Waals surface area contributed by atoms with E-state index in [0.717, 1.165) is 30.5 Å². The number of rotatable bonds is 3. The van der Waals surface area contributed by atoms with Crippen LogP contribution in [0, 0.1) is 6.92 Å². The van der Waals surface area contributed by atoms with Gasteiger partial charge in [0.2, 0.25) is 0 Å². The van der Waals surface area contributed by atoms with Crippen LogP contribution in [0.1, 0.15) is 31.2 Å². The van der Waals surface area contributed by atoms with E-state index in [1.807, 2.05) is 31.2 Å². The SMILES string of the molecule is Cc1ccc(-n2c(S[C@@H]3CCCCC3=O)nc3cc(Cl)ccc3c2=O)cc1. The summed E-state index contributed by atoms with van der Waals surface area (Å²) >= 11 is 7.50. The van der Waals surface area contributed by atoms with E-state index in [2.05, 4.69) is 0 Å². The van der Waals surface area contributed by atoms with Crippen molar-refractivity contribution in [2.45, 2.75) is 43.0 Å². The van der Waals surface area contributed by atoms with Crippen LogP contribution in [0.4, 0.5) is 0 Å². The molecule has 1 fully saturated rings. The molecule has 0 amide bonds. The predicted octanol–water partition coefficient (Wildman–Crippen LogP) is 4.95. The van der Waals surface area contributed by atoms with Gasteiger partial charge in [-0.05, 0) is 50.1 Å². The van der Waals surface area contributed by atoms with Crippen LogP contribution in [0.2, 0.25) is 5.02 Å². The molecule has 0 unspecified atom stereocenters. The largest absolute Gasteiger partial charge is 0.298 e. The number of halogens is 1. The molecule has 1 saturated carbocycles. The van der Waals surface area contributed by atoms with Gasteiger partial charge < -0.3 is 0 Å². The maximum atomic E-state index is 13.3. The van der Waals surface area contributed by atoms with Crippen LogP contribution < -0.4 is 5.56 Å². The number of Topliss-reactive ketones (excluding diaryl/α,β-unsaturated/α-hetero) is 1. The van der Waals surface area contributed by atoms with Gasteiger partial charge in [0.1, 0.15) is 5.78 Å². The topological polar surface area (TPSA) is 52.0 Å². The minimum Gasteiger partial charge on any atom is -0.298 e. The molecule has 0 radical (unpaired) electrons. The third kappa shape index (κ3) is 3.66. The zero-order valence-corrected chi connectivity index (χ0v) is 16.5. The highest BCUT2D eigenvalue weighted by atomic mass is 35.5. The second-order valence-corrected chi connectivity index (χ2v) is 8.46. The molecular weight excluding hydrogens is 380 g/mol. The second-order valence-electron chi connectivity index (χ2n) is 6.85. The number of aromatic nitrogens is 2. The number of thioether (sulfide) groups is 1. The molecule has 0 spiro atoms. The third-order valence-electron chi connectivity index (χ3n) is 4.84. The Morgan fingerprint density at radius 2 is 1.89 bits per heavy atom. The molecule has 2 aromatic carbocycles. The van der Waals surface area contributed by atoms with E-state index in [-0.39, 0.29) is 16.6 Å². The molecule has 27 heavy (non-hydrogen) atoms. The number of carbonyl (C=O) groups excluding carboxylic acids is 1. The van der Waals surface area contributed by atoms with Gasteiger partial charge in [-0.15, -0.1) is 0 Å². The Balaban J connectivity index is 1.90. The molecule has 0 saturated heterocycles. The summed E-state index contributed by atoms with van der Waals surface area (Å²) in [6, 6.07) is 12.9. The van der Waals surface area contributed by atoms with Crippen molar-refractivity contribution in [2.24, 2.45) is 0 Å². The average Bonchev–Trinajstić information content (AvgIpc) is 2.65. The maximum absolute atomic E-state index is 13.3. The number of hydrogen-bond donors (Lipinski definition) is 0. The first-order valence-corrected chi connectivity index (χ1v) is 10.3. The Bertz CT molecular complexity index is 1080. The smallest absolute Gasteiger partial charge is 0.266 e. The molecular formula is C21H19ClN2O2S. The second kappa shape index (κ2) is 7.49. The normalized spacial score (nSPS) is 17.4. The van der Waals surface area contributed by atoms with E-state index < -0.39 is 0 Å². The summed E-state index contributed by atoms with van der Waals surface area (Å²) in [5.41, 5.74) is 2.28. The highest BCUT2D eigenvalue weighted by Crippen LogP contribution is 2.32. The first-order chi connectivity index (χ1) is 13.0. The van der Waals surface area contributed by atoms with Gasteiger partial charge in [-0.25, -0.2) is 4.98 Å². The summed E-state index contributed by atoms with van der Waals surface area (Å²) < 4.78 is 1.61. The molecule has 1 heterocycles. The van der Waals surface area contributed by atoms with Crippen molar-refractivity contribution >= 4 is 40.0 Å². The number of benzene rings is 2. The first-order valence-electron chi connectivity index (χ1n) is 9.01. The minimum absolute atomic E-state index is 0.147. The summed E-state index contributed by atoms with van der Waals surface area (Å²) in [5, 5.41) is 1.43. The van der Waals surface area contributed by atoms with E-state index in [1.54, 1.807) is 22.8 Å². The molecule has 0 aliphatic heterocycles. The third-order valence-corrected chi connectivity index (χ3v) is 6.34. The van der Waals surface area contributed by atoms with E-state index in [0.29, 0.717) is 27.5 Å². The lowest BCUT2D eigenvalue weighted by Crippen LogP contribution is -2.26.